The van der Waals surface area contributed by atoms with Crippen LogP contribution in [0, 0.1) is 6.92 Å². The minimum absolute atomic E-state index is 0.108. The van der Waals surface area contributed by atoms with Crippen molar-refractivity contribution < 1.29 is 9.53 Å². The summed E-state index contributed by atoms with van der Waals surface area (Å²) in [6.45, 7) is 4.36. The van der Waals surface area contributed by atoms with Gasteiger partial charge < -0.3 is 15.0 Å². The molecule has 3 rings (SSSR count). The fourth-order valence-corrected chi connectivity index (χ4v) is 2.88. The normalized spacial score (nSPS) is 14.6. The minimum Gasteiger partial charge on any atom is -0.378 e. The van der Waals surface area contributed by atoms with Crippen molar-refractivity contribution in [1.82, 2.24) is 14.9 Å². The molecule has 2 aromatic rings. The van der Waals surface area contributed by atoms with Crippen molar-refractivity contribution in [3.8, 4) is 0 Å². The van der Waals surface area contributed by atoms with E-state index >= 15 is 0 Å². The number of aromatic nitrogens is 2. The Hall–Kier alpha value is -1.99. The number of ether oxygens (including phenoxy) is 1. The fourth-order valence-electron chi connectivity index (χ4n) is 2.29. The molecular formula is C16H17BrN4O2. The summed E-state index contributed by atoms with van der Waals surface area (Å²) >= 11 is 3.51. The highest BCUT2D eigenvalue weighted by Crippen LogP contribution is 2.25. The zero-order valence-electron chi connectivity index (χ0n) is 12.8. The van der Waals surface area contributed by atoms with E-state index in [-0.39, 0.29) is 5.91 Å². The topological polar surface area (TPSA) is 67.4 Å². The smallest absolute Gasteiger partial charge is 0.274 e. The molecule has 1 aliphatic rings. The number of hydrogen-bond acceptors (Lipinski definition) is 5. The Morgan fingerprint density at radius 3 is 2.70 bits per heavy atom. The van der Waals surface area contributed by atoms with Gasteiger partial charge in [0.1, 0.15) is 11.5 Å². The van der Waals surface area contributed by atoms with E-state index < -0.39 is 0 Å². The molecule has 1 aromatic carbocycles. The second-order valence-electron chi connectivity index (χ2n) is 5.30. The molecule has 1 amide bonds. The first kappa shape index (κ1) is 15.9. The van der Waals surface area contributed by atoms with Gasteiger partial charge in [-0.25, -0.2) is 9.97 Å². The van der Waals surface area contributed by atoms with Crippen LogP contribution in [-0.4, -0.2) is 47.1 Å². The van der Waals surface area contributed by atoms with E-state index in [4.69, 9.17) is 4.74 Å². The molecule has 2 heterocycles. The van der Waals surface area contributed by atoms with Crippen LogP contribution < -0.4 is 5.32 Å². The van der Waals surface area contributed by atoms with Gasteiger partial charge in [-0.05, 0) is 40.5 Å². The van der Waals surface area contributed by atoms with Crippen molar-refractivity contribution in [1.29, 1.82) is 0 Å². The number of morpholine rings is 1. The first-order valence-corrected chi connectivity index (χ1v) is 8.15. The molecular weight excluding hydrogens is 360 g/mol. The van der Waals surface area contributed by atoms with E-state index in [1.807, 2.05) is 25.1 Å². The molecule has 120 valence electrons. The van der Waals surface area contributed by atoms with Gasteiger partial charge in [0, 0.05) is 17.6 Å². The van der Waals surface area contributed by atoms with E-state index in [1.54, 1.807) is 11.1 Å². The largest absolute Gasteiger partial charge is 0.378 e. The molecule has 1 aromatic heterocycles. The van der Waals surface area contributed by atoms with Crippen molar-refractivity contribution in [2.24, 2.45) is 0 Å². The highest BCUT2D eigenvalue weighted by Gasteiger charge is 2.19. The van der Waals surface area contributed by atoms with Gasteiger partial charge in [-0.1, -0.05) is 6.07 Å². The lowest BCUT2D eigenvalue weighted by atomic mass is 10.2. The zero-order chi connectivity index (χ0) is 16.2. The Bertz CT molecular complexity index is 700. The number of carbonyl (C=O) groups is 1. The molecule has 0 unspecified atom stereocenters. The quantitative estimate of drug-likeness (QED) is 0.891. The summed E-state index contributed by atoms with van der Waals surface area (Å²) in [6, 6.07) is 6.00. The highest BCUT2D eigenvalue weighted by molar-refractivity contribution is 9.10. The summed E-state index contributed by atoms with van der Waals surface area (Å²) in [5.74, 6) is 0.483. The SMILES string of the molecule is Cc1ccc(Nc2cnc(C(=O)N3CCOCC3)cn2)c(Br)c1. The maximum Gasteiger partial charge on any atom is 0.274 e. The summed E-state index contributed by atoms with van der Waals surface area (Å²) < 4.78 is 6.20. The zero-order valence-corrected chi connectivity index (χ0v) is 14.3. The van der Waals surface area contributed by atoms with Crippen LogP contribution in [0.2, 0.25) is 0 Å². The van der Waals surface area contributed by atoms with Crippen LogP contribution in [0.5, 0.6) is 0 Å². The second-order valence-corrected chi connectivity index (χ2v) is 6.15. The average Bonchev–Trinajstić information content (AvgIpc) is 2.58. The summed E-state index contributed by atoms with van der Waals surface area (Å²) in [7, 11) is 0. The first-order valence-electron chi connectivity index (χ1n) is 7.36. The number of nitrogens with one attached hydrogen (secondary N) is 1. The second kappa shape index (κ2) is 7.06. The fraction of sp³-hybridized carbons (Fsp3) is 0.312. The van der Waals surface area contributed by atoms with Crippen LogP contribution in [0.15, 0.2) is 35.1 Å². The average molecular weight is 377 g/mol. The van der Waals surface area contributed by atoms with Gasteiger partial charge >= 0.3 is 0 Å². The van der Waals surface area contributed by atoms with E-state index in [0.717, 1.165) is 10.2 Å². The molecule has 0 saturated carbocycles. The van der Waals surface area contributed by atoms with Gasteiger partial charge in [0.15, 0.2) is 0 Å². The van der Waals surface area contributed by atoms with Gasteiger partial charge in [-0.15, -0.1) is 0 Å². The number of hydrogen-bond donors (Lipinski definition) is 1. The molecule has 0 atom stereocenters. The van der Waals surface area contributed by atoms with E-state index in [1.165, 1.54) is 11.8 Å². The molecule has 1 N–H and O–H groups in total. The first-order chi connectivity index (χ1) is 11.1. The lowest BCUT2D eigenvalue weighted by Crippen LogP contribution is -2.41. The third-order valence-electron chi connectivity index (χ3n) is 3.56. The van der Waals surface area contributed by atoms with E-state index in [0.29, 0.717) is 37.8 Å². The third-order valence-corrected chi connectivity index (χ3v) is 4.21. The maximum absolute atomic E-state index is 12.3. The molecule has 6 nitrogen and oxygen atoms in total. The molecule has 0 radical (unpaired) electrons. The van der Waals surface area contributed by atoms with Gasteiger partial charge in [-0.2, -0.15) is 0 Å². The van der Waals surface area contributed by atoms with Crippen molar-refractivity contribution in [2.45, 2.75) is 6.92 Å². The van der Waals surface area contributed by atoms with Gasteiger partial charge in [0.2, 0.25) is 0 Å². The Kier molecular flexibility index (Phi) is 4.88. The summed E-state index contributed by atoms with van der Waals surface area (Å²) in [5.41, 5.74) is 2.41. The van der Waals surface area contributed by atoms with Crippen molar-refractivity contribution >= 4 is 33.3 Å². The lowest BCUT2D eigenvalue weighted by Gasteiger charge is -2.26. The number of rotatable bonds is 3. The molecule has 0 spiro atoms. The van der Waals surface area contributed by atoms with E-state index in [2.05, 4.69) is 31.2 Å². The van der Waals surface area contributed by atoms with Crippen LogP contribution in [0.3, 0.4) is 0 Å². The molecule has 0 bridgehead atoms. The molecule has 23 heavy (non-hydrogen) atoms. The molecule has 0 aliphatic carbocycles. The number of amides is 1. The Morgan fingerprint density at radius 2 is 2.04 bits per heavy atom. The number of aryl methyl sites for hydroxylation is 1. The number of anilines is 2. The Morgan fingerprint density at radius 1 is 1.26 bits per heavy atom. The standard InChI is InChI=1S/C16H17BrN4O2/c1-11-2-3-13(12(17)8-11)20-15-10-18-14(9-19-15)16(22)21-4-6-23-7-5-21/h2-3,8-10H,4-7H2,1H3,(H,19,20). The van der Waals surface area contributed by atoms with Gasteiger partial charge in [0.25, 0.3) is 5.91 Å². The highest BCUT2D eigenvalue weighted by atomic mass is 79.9. The van der Waals surface area contributed by atoms with Crippen molar-refractivity contribution in [3.63, 3.8) is 0 Å². The van der Waals surface area contributed by atoms with Gasteiger partial charge in [-0.3, -0.25) is 4.79 Å². The molecule has 1 saturated heterocycles. The van der Waals surface area contributed by atoms with Crippen LogP contribution in [0.1, 0.15) is 16.1 Å². The van der Waals surface area contributed by atoms with Crippen LogP contribution in [0.25, 0.3) is 0 Å². The van der Waals surface area contributed by atoms with Crippen LogP contribution in [-0.2, 0) is 4.74 Å². The predicted molar refractivity (Wildman–Crippen MR) is 90.9 cm³/mol. The molecule has 7 heteroatoms. The number of benzene rings is 1. The maximum atomic E-state index is 12.3. The van der Waals surface area contributed by atoms with Crippen LogP contribution >= 0.6 is 15.9 Å². The molecule has 1 fully saturated rings. The predicted octanol–water partition coefficient (Wildman–Crippen LogP) is 2.76. The van der Waals surface area contributed by atoms with E-state index in [9.17, 15) is 4.79 Å². The summed E-state index contributed by atoms with van der Waals surface area (Å²) in [6.07, 6.45) is 3.07. The van der Waals surface area contributed by atoms with Crippen molar-refractivity contribution in [3.05, 3.63) is 46.3 Å². The number of nitrogens with zero attached hydrogens (tertiary/aromatic N) is 3. The summed E-state index contributed by atoms with van der Waals surface area (Å²) in [5, 5.41) is 3.18. The third kappa shape index (κ3) is 3.86. The number of carbonyl (C=O) groups excluding carboxylic acids is 1. The van der Waals surface area contributed by atoms with Crippen LogP contribution in [0.4, 0.5) is 11.5 Å². The Labute approximate surface area is 143 Å². The number of halogens is 1. The molecule has 1 aliphatic heterocycles. The lowest BCUT2D eigenvalue weighted by molar-refractivity contribution is 0.0298. The van der Waals surface area contributed by atoms with Crippen molar-refractivity contribution in [2.75, 3.05) is 31.6 Å². The Balaban J connectivity index is 1.70. The van der Waals surface area contributed by atoms with Gasteiger partial charge in [0.05, 0.1) is 31.3 Å². The summed E-state index contributed by atoms with van der Waals surface area (Å²) in [4.78, 5) is 22.5. The monoisotopic (exact) mass is 376 g/mol. The minimum atomic E-state index is -0.108.